The zero-order valence-corrected chi connectivity index (χ0v) is 16.8. The maximum absolute atomic E-state index is 13.0. The number of nitrogens with zero attached hydrogens (tertiary/aromatic N) is 2. The van der Waals surface area contributed by atoms with Crippen molar-refractivity contribution < 1.29 is 18.7 Å². The summed E-state index contributed by atoms with van der Waals surface area (Å²) >= 11 is 0. The van der Waals surface area contributed by atoms with E-state index in [1.807, 2.05) is 19.1 Å². The highest BCUT2D eigenvalue weighted by atomic mass is 19.1. The summed E-state index contributed by atoms with van der Waals surface area (Å²) in [6.45, 7) is 1.88. The van der Waals surface area contributed by atoms with Crippen molar-refractivity contribution in [3.63, 3.8) is 0 Å². The summed E-state index contributed by atoms with van der Waals surface area (Å²) < 4.78 is 24.5. The minimum absolute atomic E-state index is 0.0429. The second-order valence-corrected chi connectivity index (χ2v) is 7.43. The number of rotatable bonds is 6. The van der Waals surface area contributed by atoms with Crippen molar-refractivity contribution in [1.82, 2.24) is 4.98 Å². The molecule has 1 aromatic heterocycles. The second kappa shape index (κ2) is 8.84. The van der Waals surface area contributed by atoms with Crippen molar-refractivity contribution in [2.75, 3.05) is 5.32 Å². The predicted molar refractivity (Wildman–Crippen MR) is 112 cm³/mol. The Bertz CT molecular complexity index is 1120. The van der Waals surface area contributed by atoms with E-state index in [0.29, 0.717) is 41.5 Å². The molecule has 1 aliphatic rings. The van der Waals surface area contributed by atoms with Crippen molar-refractivity contribution in [2.45, 2.75) is 25.9 Å². The molecule has 31 heavy (non-hydrogen) atoms. The molecule has 0 radical (unpaired) electrons. The smallest absolute Gasteiger partial charge is 0.227 e. The van der Waals surface area contributed by atoms with Crippen LogP contribution < -0.4 is 14.8 Å². The molecule has 4 rings (SSSR count). The van der Waals surface area contributed by atoms with Gasteiger partial charge in [-0.1, -0.05) is 0 Å². The first-order valence-corrected chi connectivity index (χ1v) is 9.88. The van der Waals surface area contributed by atoms with Crippen LogP contribution in [0.5, 0.6) is 17.4 Å². The average Bonchev–Trinajstić information content (AvgIpc) is 2.74. The van der Waals surface area contributed by atoms with E-state index in [1.54, 1.807) is 36.4 Å². The third-order valence-corrected chi connectivity index (χ3v) is 5.10. The number of halogens is 1. The molecule has 1 saturated carbocycles. The molecule has 7 heteroatoms. The Labute approximate surface area is 179 Å². The van der Waals surface area contributed by atoms with Gasteiger partial charge in [0.2, 0.25) is 11.8 Å². The van der Waals surface area contributed by atoms with Gasteiger partial charge in [-0.15, -0.1) is 0 Å². The van der Waals surface area contributed by atoms with Gasteiger partial charge in [-0.2, -0.15) is 5.26 Å². The van der Waals surface area contributed by atoms with Crippen molar-refractivity contribution in [2.24, 2.45) is 5.92 Å². The molecule has 0 aliphatic heterocycles. The number of ether oxygens (including phenoxy) is 2. The van der Waals surface area contributed by atoms with E-state index in [0.717, 1.165) is 5.56 Å². The third-order valence-electron chi connectivity index (χ3n) is 5.10. The first-order valence-electron chi connectivity index (χ1n) is 9.88. The number of pyridine rings is 1. The van der Waals surface area contributed by atoms with E-state index < -0.39 is 0 Å². The monoisotopic (exact) mass is 417 g/mol. The SMILES string of the molecule is Cc1cc(NC(=O)C2CC(Oc3ccc(F)cc3)C2)ccc1Oc1ccc(C#N)cn1. The second-order valence-electron chi connectivity index (χ2n) is 7.43. The van der Waals surface area contributed by atoms with Crippen LogP contribution >= 0.6 is 0 Å². The number of benzene rings is 2. The number of hydrogen-bond donors (Lipinski definition) is 1. The van der Waals surface area contributed by atoms with Gasteiger partial charge in [0, 0.05) is 23.9 Å². The normalized spacial score (nSPS) is 17.2. The van der Waals surface area contributed by atoms with Crippen LogP contribution in [0, 0.1) is 30.0 Å². The van der Waals surface area contributed by atoms with Crippen LogP contribution in [-0.4, -0.2) is 17.0 Å². The number of aromatic nitrogens is 1. The summed E-state index contributed by atoms with van der Waals surface area (Å²) in [6, 6.07) is 16.5. The molecule has 0 atom stereocenters. The molecule has 3 aromatic rings. The van der Waals surface area contributed by atoms with Crippen molar-refractivity contribution >= 4 is 11.6 Å². The molecule has 0 bridgehead atoms. The lowest BCUT2D eigenvalue weighted by Crippen LogP contribution is -2.40. The molecule has 1 aliphatic carbocycles. The number of anilines is 1. The van der Waals surface area contributed by atoms with E-state index >= 15 is 0 Å². The maximum atomic E-state index is 13.0. The van der Waals surface area contributed by atoms with E-state index in [4.69, 9.17) is 14.7 Å². The number of carbonyl (C=O) groups excluding carboxylic acids is 1. The van der Waals surface area contributed by atoms with Crippen LogP contribution in [0.4, 0.5) is 10.1 Å². The highest BCUT2D eigenvalue weighted by Gasteiger charge is 2.36. The number of carbonyl (C=O) groups is 1. The molecule has 0 unspecified atom stereocenters. The fourth-order valence-corrected chi connectivity index (χ4v) is 3.29. The number of amides is 1. The Balaban J connectivity index is 1.29. The Kier molecular flexibility index (Phi) is 5.80. The molecular weight excluding hydrogens is 397 g/mol. The summed E-state index contributed by atoms with van der Waals surface area (Å²) in [6.07, 6.45) is 2.64. The summed E-state index contributed by atoms with van der Waals surface area (Å²) in [7, 11) is 0. The molecular formula is C24H20FN3O3. The van der Waals surface area contributed by atoms with Crippen molar-refractivity contribution in [3.05, 3.63) is 77.7 Å². The Morgan fingerprint density at radius 1 is 1.16 bits per heavy atom. The highest BCUT2D eigenvalue weighted by molar-refractivity contribution is 5.93. The molecule has 6 nitrogen and oxygen atoms in total. The molecule has 0 spiro atoms. The molecule has 1 N–H and O–H groups in total. The fourth-order valence-electron chi connectivity index (χ4n) is 3.29. The minimum atomic E-state index is -0.307. The van der Waals surface area contributed by atoms with Crippen LogP contribution in [0.15, 0.2) is 60.8 Å². The zero-order valence-electron chi connectivity index (χ0n) is 16.8. The summed E-state index contributed by atoms with van der Waals surface area (Å²) in [5, 5.41) is 11.8. The summed E-state index contributed by atoms with van der Waals surface area (Å²) in [5.41, 5.74) is 1.99. The minimum Gasteiger partial charge on any atom is -0.490 e. The molecule has 0 saturated heterocycles. The largest absolute Gasteiger partial charge is 0.490 e. The van der Waals surface area contributed by atoms with Gasteiger partial charge in [-0.3, -0.25) is 4.79 Å². The van der Waals surface area contributed by atoms with Gasteiger partial charge in [0.05, 0.1) is 5.56 Å². The van der Waals surface area contributed by atoms with Gasteiger partial charge in [0.1, 0.15) is 29.5 Å². The zero-order chi connectivity index (χ0) is 21.8. The third kappa shape index (κ3) is 4.98. The van der Waals surface area contributed by atoms with Gasteiger partial charge in [0.25, 0.3) is 0 Å². The van der Waals surface area contributed by atoms with Gasteiger partial charge >= 0.3 is 0 Å². The van der Waals surface area contributed by atoms with Gasteiger partial charge in [-0.05, 0) is 73.9 Å². The van der Waals surface area contributed by atoms with E-state index in [1.165, 1.54) is 18.3 Å². The predicted octanol–water partition coefficient (Wildman–Crippen LogP) is 4.99. The van der Waals surface area contributed by atoms with E-state index in [-0.39, 0.29) is 23.7 Å². The van der Waals surface area contributed by atoms with Crippen molar-refractivity contribution in [1.29, 1.82) is 5.26 Å². The van der Waals surface area contributed by atoms with E-state index in [9.17, 15) is 9.18 Å². The quantitative estimate of drug-likeness (QED) is 0.611. The van der Waals surface area contributed by atoms with Crippen LogP contribution in [0.25, 0.3) is 0 Å². The summed E-state index contributed by atoms with van der Waals surface area (Å²) in [5.74, 6) is 1.13. The lowest BCUT2D eigenvalue weighted by atomic mass is 9.81. The van der Waals surface area contributed by atoms with Crippen LogP contribution in [-0.2, 0) is 4.79 Å². The molecule has 1 amide bonds. The lowest BCUT2D eigenvalue weighted by Gasteiger charge is -2.34. The van der Waals surface area contributed by atoms with Gasteiger partial charge in [0.15, 0.2) is 0 Å². The van der Waals surface area contributed by atoms with Gasteiger partial charge in [-0.25, -0.2) is 9.37 Å². The molecule has 156 valence electrons. The number of aryl methyl sites for hydroxylation is 1. The number of hydrogen-bond acceptors (Lipinski definition) is 5. The van der Waals surface area contributed by atoms with Gasteiger partial charge < -0.3 is 14.8 Å². The van der Waals surface area contributed by atoms with Crippen LogP contribution in [0.3, 0.4) is 0 Å². The Morgan fingerprint density at radius 3 is 2.58 bits per heavy atom. The van der Waals surface area contributed by atoms with E-state index in [2.05, 4.69) is 10.3 Å². The number of nitriles is 1. The first kappa shape index (κ1) is 20.4. The van der Waals surface area contributed by atoms with Crippen LogP contribution in [0.2, 0.25) is 0 Å². The average molecular weight is 417 g/mol. The first-order chi connectivity index (χ1) is 15.0. The summed E-state index contributed by atoms with van der Waals surface area (Å²) in [4.78, 5) is 16.6. The fraction of sp³-hybridized carbons (Fsp3) is 0.208. The lowest BCUT2D eigenvalue weighted by molar-refractivity contribution is -0.125. The topological polar surface area (TPSA) is 84.2 Å². The molecule has 1 fully saturated rings. The standard InChI is InChI=1S/C24H20FN3O3/c1-15-10-19(5-8-22(15)31-23-9-2-16(13-26)14-27-23)28-24(29)17-11-21(12-17)30-20-6-3-18(25)4-7-20/h2-10,14,17,21H,11-12H2,1H3,(H,28,29). The molecule has 2 aromatic carbocycles. The molecule has 1 heterocycles. The Hall–Kier alpha value is -3.92. The highest BCUT2D eigenvalue weighted by Crippen LogP contribution is 2.33. The van der Waals surface area contributed by atoms with Crippen LogP contribution in [0.1, 0.15) is 24.0 Å². The van der Waals surface area contributed by atoms with Crippen molar-refractivity contribution in [3.8, 4) is 23.4 Å². The Morgan fingerprint density at radius 2 is 1.94 bits per heavy atom. The maximum Gasteiger partial charge on any atom is 0.227 e. The number of nitrogens with one attached hydrogen (secondary N) is 1.